The maximum atomic E-state index is 13.1. The molecule has 0 aliphatic carbocycles. The molecule has 28 heavy (non-hydrogen) atoms. The van der Waals surface area contributed by atoms with Crippen molar-refractivity contribution in [3.05, 3.63) is 45.2 Å². The topological polar surface area (TPSA) is 49.3 Å². The SMILES string of the molecule is Cc1cccc(CN2CCCC3(CCCN(C(=O)c4sc(C)nc4C)C3)C2)n1. The first-order chi connectivity index (χ1) is 13.4. The van der Waals surface area contributed by atoms with Gasteiger partial charge in [0.25, 0.3) is 5.91 Å². The lowest BCUT2D eigenvalue weighted by Gasteiger charge is -2.48. The molecule has 2 aromatic rings. The van der Waals surface area contributed by atoms with E-state index < -0.39 is 0 Å². The van der Waals surface area contributed by atoms with Crippen LogP contribution in [0.2, 0.25) is 0 Å². The molecule has 2 aliphatic rings. The standard InChI is InChI=1S/C22H30N4OS/c1-16-7-4-8-19(23-16)13-25-11-5-9-22(14-25)10-6-12-26(15-22)21(27)20-17(2)24-18(3)28-20/h4,7-8H,5-6,9-15H2,1-3H3. The summed E-state index contributed by atoms with van der Waals surface area (Å²) in [6.45, 7) is 10.8. The monoisotopic (exact) mass is 398 g/mol. The zero-order chi connectivity index (χ0) is 19.7. The molecule has 0 saturated carbocycles. The van der Waals surface area contributed by atoms with Crippen LogP contribution >= 0.6 is 11.3 Å². The zero-order valence-corrected chi connectivity index (χ0v) is 18.0. The van der Waals surface area contributed by atoms with Gasteiger partial charge in [0.2, 0.25) is 0 Å². The molecule has 2 aromatic heterocycles. The Labute approximate surface area is 171 Å². The summed E-state index contributed by atoms with van der Waals surface area (Å²) in [5, 5.41) is 0.974. The highest BCUT2D eigenvalue weighted by atomic mass is 32.1. The summed E-state index contributed by atoms with van der Waals surface area (Å²) < 4.78 is 0. The average Bonchev–Trinajstić information content (AvgIpc) is 2.99. The Morgan fingerprint density at radius 3 is 2.61 bits per heavy atom. The summed E-state index contributed by atoms with van der Waals surface area (Å²) >= 11 is 1.53. The predicted octanol–water partition coefficient (Wildman–Crippen LogP) is 3.98. The minimum atomic E-state index is 0.180. The molecule has 0 N–H and O–H groups in total. The second-order valence-corrected chi connectivity index (χ2v) is 9.77. The Morgan fingerprint density at radius 2 is 1.89 bits per heavy atom. The molecule has 4 rings (SSSR count). The highest BCUT2D eigenvalue weighted by molar-refractivity contribution is 7.13. The first kappa shape index (κ1) is 19.5. The molecule has 1 amide bonds. The van der Waals surface area contributed by atoms with Crippen molar-refractivity contribution in [3.63, 3.8) is 0 Å². The summed E-state index contributed by atoms with van der Waals surface area (Å²) in [7, 11) is 0. The van der Waals surface area contributed by atoms with E-state index in [9.17, 15) is 4.79 Å². The highest BCUT2D eigenvalue weighted by Crippen LogP contribution is 2.39. The number of likely N-dealkylation sites (tertiary alicyclic amines) is 2. The second kappa shape index (κ2) is 7.91. The number of amides is 1. The first-order valence-electron chi connectivity index (χ1n) is 10.3. The molecule has 2 saturated heterocycles. The number of pyridine rings is 1. The molecule has 2 aliphatic heterocycles. The average molecular weight is 399 g/mol. The molecule has 5 nitrogen and oxygen atoms in total. The number of piperidine rings is 2. The number of rotatable bonds is 3. The van der Waals surface area contributed by atoms with E-state index in [1.54, 1.807) is 0 Å². The Morgan fingerprint density at radius 1 is 1.11 bits per heavy atom. The number of carbonyl (C=O) groups excluding carboxylic acids is 1. The first-order valence-corrected chi connectivity index (χ1v) is 11.1. The van der Waals surface area contributed by atoms with Gasteiger partial charge in [-0.1, -0.05) is 6.07 Å². The second-order valence-electron chi connectivity index (χ2n) is 8.56. The van der Waals surface area contributed by atoms with Crippen LogP contribution in [-0.2, 0) is 6.54 Å². The van der Waals surface area contributed by atoms with E-state index in [1.807, 2.05) is 13.8 Å². The zero-order valence-electron chi connectivity index (χ0n) is 17.2. The van der Waals surface area contributed by atoms with Crippen LogP contribution in [0, 0.1) is 26.2 Å². The molecule has 0 radical (unpaired) electrons. The van der Waals surface area contributed by atoms with Crippen molar-refractivity contribution in [2.45, 2.75) is 53.0 Å². The number of aromatic nitrogens is 2. The van der Waals surface area contributed by atoms with Crippen molar-refractivity contribution >= 4 is 17.2 Å². The van der Waals surface area contributed by atoms with E-state index in [4.69, 9.17) is 0 Å². The van der Waals surface area contributed by atoms with Crippen LogP contribution in [0.4, 0.5) is 0 Å². The molecule has 1 unspecified atom stereocenters. The number of hydrogen-bond acceptors (Lipinski definition) is 5. The van der Waals surface area contributed by atoms with Gasteiger partial charge in [-0.05, 0) is 65.1 Å². The molecule has 0 bridgehead atoms. The van der Waals surface area contributed by atoms with Crippen molar-refractivity contribution in [1.29, 1.82) is 0 Å². The van der Waals surface area contributed by atoms with Crippen molar-refractivity contribution in [2.24, 2.45) is 5.41 Å². The lowest BCUT2D eigenvalue weighted by molar-refractivity contribution is 0.0112. The molecule has 4 heterocycles. The summed E-state index contributed by atoms with van der Waals surface area (Å²) in [6.07, 6.45) is 4.73. The minimum absolute atomic E-state index is 0.180. The van der Waals surface area contributed by atoms with E-state index in [0.717, 1.165) is 66.1 Å². The number of thiazole rings is 1. The minimum Gasteiger partial charge on any atom is -0.337 e. The third-order valence-electron chi connectivity index (χ3n) is 6.12. The van der Waals surface area contributed by atoms with Crippen LogP contribution < -0.4 is 0 Å². The quantitative estimate of drug-likeness (QED) is 0.785. The molecule has 6 heteroatoms. The van der Waals surface area contributed by atoms with Gasteiger partial charge in [0.1, 0.15) is 4.88 Å². The van der Waals surface area contributed by atoms with Crippen LogP contribution in [0.1, 0.15) is 57.4 Å². The Bertz CT molecular complexity index is 860. The number of aryl methyl sites for hydroxylation is 3. The molecule has 0 aromatic carbocycles. The van der Waals surface area contributed by atoms with Gasteiger partial charge in [-0.2, -0.15) is 0 Å². The summed E-state index contributed by atoms with van der Waals surface area (Å²) in [5.74, 6) is 0.180. The van der Waals surface area contributed by atoms with Gasteiger partial charge in [-0.3, -0.25) is 14.7 Å². The summed E-state index contributed by atoms with van der Waals surface area (Å²) in [5.41, 5.74) is 3.33. The molecule has 1 atom stereocenters. The smallest absolute Gasteiger partial charge is 0.265 e. The van der Waals surface area contributed by atoms with Gasteiger partial charge in [0.05, 0.1) is 16.4 Å². The number of nitrogens with zero attached hydrogens (tertiary/aromatic N) is 4. The fourth-order valence-corrected chi connectivity index (χ4v) is 5.84. The molecular formula is C22H30N4OS. The van der Waals surface area contributed by atoms with Crippen LogP contribution in [-0.4, -0.2) is 51.9 Å². The molecule has 2 fully saturated rings. The largest absolute Gasteiger partial charge is 0.337 e. The molecular weight excluding hydrogens is 368 g/mol. The van der Waals surface area contributed by atoms with E-state index in [0.29, 0.717) is 0 Å². The van der Waals surface area contributed by atoms with E-state index >= 15 is 0 Å². The van der Waals surface area contributed by atoms with E-state index in [1.165, 1.54) is 30.6 Å². The van der Waals surface area contributed by atoms with E-state index in [2.05, 4.69) is 44.9 Å². The molecule has 150 valence electrons. The van der Waals surface area contributed by atoms with Crippen molar-refractivity contribution < 1.29 is 4.79 Å². The predicted molar refractivity (Wildman–Crippen MR) is 113 cm³/mol. The van der Waals surface area contributed by atoms with Gasteiger partial charge in [-0.15, -0.1) is 11.3 Å². The Hall–Kier alpha value is -1.79. The fourth-order valence-electron chi connectivity index (χ4n) is 4.95. The highest BCUT2D eigenvalue weighted by Gasteiger charge is 2.41. The van der Waals surface area contributed by atoms with Crippen molar-refractivity contribution in [3.8, 4) is 0 Å². The van der Waals surface area contributed by atoms with Crippen molar-refractivity contribution in [1.82, 2.24) is 19.8 Å². The number of carbonyl (C=O) groups is 1. The number of hydrogen-bond donors (Lipinski definition) is 0. The maximum Gasteiger partial charge on any atom is 0.265 e. The van der Waals surface area contributed by atoms with Crippen LogP contribution in [0.5, 0.6) is 0 Å². The third kappa shape index (κ3) is 4.13. The fraction of sp³-hybridized carbons (Fsp3) is 0.591. The maximum absolute atomic E-state index is 13.1. The van der Waals surface area contributed by atoms with Crippen LogP contribution in [0.25, 0.3) is 0 Å². The summed E-state index contributed by atoms with van der Waals surface area (Å²) in [4.78, 5) is 27.7. The van der Waals surface area contributed by atoms with E-state index in [-0.39, 0.29) is 11.3 Å². The lowest BCUT2D eigenvalue weighted by atomic mass is 9.73. The van der Waals surface area contributed by atoms with Gasteiger partial charge in [-0.25, -0.2) is 4.98 Å². The lowest BCUT2D eigenvalue weighted by Crippen LogP contribution is -2.53. The van der Waals surface area contributed by atoms with Gasteiger partial charge < -0.3 is 4.90 Å². The summed E-state index contributed by atoms with van der Waals surface area (Å²) in [6, 6.07) is 6.27. The Kier molecular flexibility index (Phi) is 5.52. The van der Waals surface area contributed by atoms with Crippen LogP contribution in [0.15, 0.2) is 18.2 Å². The van der Waals surface area contributed by atoms with Gasteiger partial charge >= 0.3 is 0 Å². The van der Waals surface area contributed by atoms with Crippen LogP contribution in [0.3, 0.4) is 0 Å². The third-order valence-corrected chi connectivity index (χ3v) is 7.18. The normalized spacial score (nSPS) is 23.3. The van der Waals surface area contributed by atoms with Gasteiger partial charge in [0.15, 0.2) is 0 Å². The van der Waals surface area contributed by atoms with Gasteiger partial charge in [0, 0.05) is 37.3 Å². The molecule has 1 spiro atoms. The van der Waals surface area contributed by atoms with Crippen molar-refractivity contribution in [2.75, 3.05) is 26.2 Å². The Balaban J connectivity index is 1.46.